The number of rotatable bonds is 9. The predicted molar refractivity (Wildman–Crippen MR) is 130 cm³/mol. The van der Waals surface area contributed by atoms with Gasteiger partial charge in [-0.2, -0.15) is 5.10 Å². The Morgan fingerprint density at radius 2 is 1.97 bits per heavy atom. The molecule has 0 radical (unpaired) electrons. The summed E-state index contributed by atoms with van der Waals surface area (Å²) in [6.45, 7) is 10.2. The van der Waals surface area contributed by atoms with E-state index in [4.69, 9.17) is 4.74 Å². The van der Waals surface area contributed by atoms with Crippen molar-refractivity contribution in [3.8, 4) is 5.88 Å². The fourth-order valence-electron chi connectivity index (χ4n) is 6.19. The SMILES string of the molecule is CCC(=O)NC(C)(C)/C=C/n1ncc(C(=O)NC2C3CC4CC2CC(O)(C4)C3)c1OCC(C)C. The lowest BCUT2D eigenvalue weighted by Crippen LogP contribution is -2.61. The molecule has 4 saturated carbocycles. The number of ether oxygens (including phenoxy) is 1. The molecule has 4 aliphatic rings. The number of carbonyl (C=O) groups is 2. The highest BCUT2D eigenvalue weighted by atomic mass is 16.5. The first-order valence-electron chi connectivity index (χ1n) is 12.7. The fourth-order valence-corrected chi connectivity index (χ4v) is 6.19. The smallest absolute Gasteiger partial charge is 0.258 e. The molecule has 188 valence electrons. The molecule has 4 fully saturated rings. The van der Waals surface area contributed by atoms with Crippen LogP contribution in [0.15, 0.2) is 12.3 Å². The van der Waals surface area contributed by atoms with Crippen molar-refractivity contribution in [1.29, 1.82) is 0 Å². The predicted octanol–water partition coefficient (Wildman–Crippen LogP) is 3.36. The fraction of sp³-hybridized carbons (Fsp3) is 0.731. The molecule has 2 unspecified atom stereocenters. The molecule has 8 nitrogen and oxygen atoms in total. The highest BCUT2D eigenvalue weighted by Crippen LogP contribution is 2.55. The largest absolute Gasteiger partial charge is 0.477 e. The van der Waals surface area contributed by atoms with Gasteiger partial charge in [0.25, 0.3) is 5.91 Å². The first kappa shape index (κ1) is 24.8. The Labute approximate surface area is 202 Å². The molecule has 3 N–H and O–H groups in total. The number of hydrogen-bond acceptors (Lipinski definition) is 5. The van der Waals surface area contributed by atoms with E-state index in [2.05, 4.69) is 29.6 Å². The highest BCUT2D eigenvalue weighted by Gasteiger charge is 2.55. The Morgan fingerprint density at radius 3 is 2.56 bits per heavy atom. The van der Waals surface area contributed by atoms with Crippen molar-refractivity contribution >= 4 is 18.0 Å². The van der Waals surface area contributed by atoms with Gasteiger partial charge in [0.2, 0.25) is 11.8 Å². The van der Waals surface area contributed by atoms with E-state index in [9.17, 15) is 14.7 Å². The number of nitrogens with one attached hydrogen (secondary N) is 2. The second-order valence-electron chi connectivity index (χ2n) is 11.6. The summed E-state index contributed by atoms with van der Waals surface area (Å²) in [7, 11) is 0. The minimum Gasteiger partial charge on any atom is -0.477 e. The Kier molecular flexibility index (Phi) is 6.82. The zero-order valence-electron chi connectivity index (χ0n) is 21.1. The number of aliphatic hydroxyl groups is 1. The van der Waals surface area contributed by atoms with Crippen LogP contribution >= 0.6 is 0 Å². The van der Waals surface area contributed by atoms with E-state index in [1.165, 1.54) is 0 Å². The van der Waals surface area contributed by atoms with E-state index in [0.29, 0.717) is 42.2 Å². The molecule has 2 atom stereocenters. The third kappa shape index (κ3) is 5.32. The van der Waals surface area contributed by atoms with Gasteiger partial charge in [-0.3, -0.25) is 9.59 Å². The molecule has 2 amide bonds. The molecule has 5 rings (SSSR count). The minimum absolute atomic E-state index is 0.0354. The molecular weight excluding hydrogens is 432 g/mol. The average molecular weight is 473 g/mol. The molecule has 0 aliphatic heterocycles. The van der Waals surface area contributed by atoms with Gasteiger partial charge < -0.3 is 20.5 Å². The highest BCUT2D eigenvalue weighted by molar-refractivity contribution is 5.96. The van der Waals surface area contributed by atoms with E-state index < -0.39 is 11.1 Å². The molecule has 0 spiro atoms. The Morgan fingerprint density at radius 1 is 1.29 bits per heavy atom. The van der Waals surface area contributed by atoms with Gasteiger partial charge in [0.05, 0.1) is 23.9 Å². The topological polar surface area (TPSA) is 105 Å². The molecule has 1 heterocycles. The number of carbonyl (C=O) groups excluding carboxylic acids is 2. The van der Waals surface area contributed by atoms with Crippen molar-refractivity contribution in [2.75, 3.05) is 6.61 Å². The van der Waals surface area contributed by atoms with Crippen LogP contribution in [0.4, 0.5) is 0 Å². The van der Waals surface area contributed by atoms with E-state index >= 15 is 0 Å². The van der Waals surface area contributed by atoms with Crippen LogP contribution in [0.5, 0.6) is 5.88 Å². The third-order valence-electron chi connectivity index (χ3n) is 7.50. The maximum Gasteiger partial charge on any atom is 0.258 e. The molecule has 1 aromatic heterocycles. The van der Waals surface area contributed by atoms with Crippen LogP contribution < -0.4 is 15.4 Å². The molecule has 8 heteroatoms. The van der Waals surface area contributed by atoms with Gasteiger partial charge in [0.1, 0.15) is 5.56 Å². The van der Waals surface area contributed by atoms with Gasteiger partial charge in [-0.05, 0) is 75.7 Å². The van der Waals surface area contributed by atoms with Crippen LogP contribution in [-0.2, 0) is 4.79 Å². The van der Waals surface area contributed by atoms with Gasteiger partial charge in [0.15, 0.2) is 0 Å². The summed E-state index contributed by atoms with van der Waals surface area (Å²) in [5.74, 6) is 1.73. The summed E-state index contributed by atoms with van der Waals surface area (Å²) in [5, 5.41) is 21.5. The lowest BCUT2D eigenvalue weighted by Gasteiger charge is -2.58. The van der Waals surface area contributed by atoms with E-state index in [-0.39, 0.29) is 23.8 Å². The quantitative estimate of drug-likeness (QED) is 0.511. The molecule has 34 heavy (non-hydrogen) atoms. The average Bonchev–Trinajstić information content (AvgIpc) is 3.14. The van der Waals surface area contributed by atoms with E-state index in [1.54, 1.807) is 17.1 Å². The normalized spacial score (nSPS) is 30.2. The van der Waals surface area contributed by atoms with Crippen molar-refractivity contribution in [3.63, 3.8) is 0 Å². The van der Waals surface area contributed by atoms with Crippen molar-refractivity contribution in [2.24, 2.45) is 23.7 Å². The zero-order chi connectivity index (χ0) is 24.7. The van der Waals surface area contributed by atoms with Gasteiger partial charge in [-0.25, -0.2) is 4.68 Å². The molecule has 0 saturated heterocycles. The van der Waals surface area contributed by atoms with Gasteiger partial charge in [0, 0.05) is 18.7 Å². The number of amides is 2. The van der Waals surface area contributed by atoms with Crippen LogP contribution in [-0.4, -0.2) is 50.5 Å². The monoisotopic (exact) mass is 472 g/mol. The van der Waals surface area contributed by atoms with Crippen molar-refractivity contribution < 1.29 is 19.4 Å². The molecule has 1 aromatic rings. The minimum atomic E-state index is -0.572. The molecule has 0 aromatic carbocycles. The summed E-state index contributed by atoms with van der Waals surface area (Å²) in [5.41, 5.74) is -0.690. The lowest BCUT2D eigenvalue weighted by atomic mass is 9.52. The van der Waals surface area contributed by atoms with Crippen LogP contribution in [0.1, 0.15) is 83.5 Å². The van der Waals surface area contributed by atoms with Crippen molar-refractivity contribution in [3.05, 3.63) is 17.8 Å². The van der Waals surface area contributed by atoms with Crippen LogP contribution in [0, 0.1) is 23.7 Å². The first-order valence-corrected chi connectivity index (χ1v) is 12.7. The van der Waals surface area contributed by atoms with E-state index in [0.717, 1.165) is 32.1 Å². The number of aromatic nitrogens is 2. The molecular formula is C26H40N4O4. The Balaban J connectivity index is 1.52. The first-order chi connectivity index (χ1) is 16.0. The summed E-state index contributed by atoms with van der Waals surface area (Å²) in [6.07, 6.45) is 10.2. The van der Waals surface area contributed by atoms with Gasteiger partial charge in [-0.15, -0.1) is 0 Å². The third-order valence-corrected chi connectivity index (χ3v) is 7.50. The second kappa shape index (κ2) is 9.36. The Bertz CT molecular complexity index is 935. The standard InChI is InChI=1S/C26H40N4O4/c1-6-21(31)29-25(4,5)7-8-30-24(34-15-16(2)3)20(14-27-30)23(32)28-22-18-9-17-10-19(22)13-26(33,11-17)12-18/h7-8,14,16-19,22,33H,6,9-13,15H2,1-5H3,(H,28,32)(H,29,31)/b8-7+. The maximum atomic E-state index is 13.4. The van der Waals surface area contributed by atoms with Crippen LogP contribution in [0.3, 0.4) is 0 Å². The number of hydrogen-bond donors (Lipinski definition) is 3. The summed E-state index contributed by atoms with van der Waals surface area (Å²) in [4.78, 5) is 25.2. The molecule has 4 bridgehead atoms. The second-order valence-corrected chi connectivity index (χ2v) is 11.6. The Hall–Kier alpha value is -2.35. The van der Waals surface area contributed by atoms with Crippen LogP contribution in [0.2, 0.25) is 0 Å². The summed E-state index contributed by atoms with van der Waals surface area (Å²) >= 11 is 0. The van der Waals surface area contributed by atoms with Gasteiger partial charge in [-0.1, -0.05) is 20.8 Å². The van der Waals surface area contributed by atoms with E-state index in [1.807, 2.05) is 26.8 Å². The lowest BCUT2D eigenvalue weighted by molar-refractivity contribution is -0.137. The van der Waals surface area contributed by atoms with Crippen molar-refractivity contribution in [2.45, 2.75) is 90.3 Å². The van der Waals surface area contributed by atoms with Crippen molar-refractivity contribution in [1.82, 2.24) is 20.4 Å². The molecule has 4 aliphatic carbocycles. The van der Waals surface area contributed by atoms with Gasteiger partial charge >= 0.3 is 0 Å². The summed E-state index contributed by atoms with van der Waals surface area (Å²) in [6, 6.07) is 0.0874. The van der Waals surface area contributed by atoms with Crippen LogP contribution in [0.25, 0.3) is 6.20 Å². The maximum absolute atomic E-state index is 13.4. The zero-order valence-corrected chi connectivity index (χ0v) is 21.1. The number of nitrogens with zero attached hydrogens (tertiary/aromatic N) is 2. The summed E-state index contributed by atoms with van der Waals surface area (Å²) < 4.78 is 7.61.